The Kier molecular flexibility index (Phi) is 4.79. The number of benzene rings is 1. The summed E-state index contributed by atoms with van der Waals surface area (Å²) in [5.41, 5.74) is 3.14. The van der Waals surface area contributed by atoms with E-state index in [0.29, 0.717) is 12.1 Å². The summed E-state index contributed by atoms with van der Waals surface area (Å²) in [4.78, 5) is 0. The van der Waals surface area contributed by atoms with Crippen molar-refractivity contribution in [1.29, 1.82) is 0 Å². The minimum atomic E-state index is 0.199. The molecule has 0 amide bonds. The largest absolute Gasteiger partial charge is 0.307 e. The zero-order valence-corrected chi connectivity index (χ0v) is 14.6. The third kappa shape index (κ3) is 4.55. The van der Waals surface area contributed by atoms with Crippen molar-refractivity contribution in [3.63, 3.8) is 0 Å². The first-order valence-electron chi connectivity index (χ1n) is 8.33. The molecule has 1 heterocycles. The zero-order valence-electron chi connectivity index (χ0n) is 14.6. The Morgan fingerprint density at radius 2 is 1.62 bits per heavy atom. The van der Waals surface area contributed by atoms with Crippen LogP contribution in [0.3, 0.4) is 0 Å². The standard InChI is InChI=1S/C19H32N2/c1-7-17(15-10-8-14(2)9-11-15)20-16-12-18(3,4)21-19(5,6)13-16/h8-11,16-17,20-21H,7,12-13H2,1-6H3. The van der Waals surface area contributed by atoms with Crippen LogP contribution < -0.4 is 10.6 Å². The normalized spacial score (nSPS) is 23.0. The molecule has 1 saturated heterocycles. The van der Waals surface area contributed by atoms with Crippen molar-refractivity contribution < 1.29 is 0 Å². The van der Waals surface area contributed by atoms with Gasteiger partial charge in [-0.3, -0.25) is 0 Å². The van der Waals surface area contributed by atoms with Crippen molar-refractivity contribution in [1.82, 2.24) is 10.6 Å². The monoisotopic (exact) mass is 288 g/mol. The lowest BCUT2D eigenvalue weighted by Crippen LogP contribution is -2.61. The molecule has 1 atom stereocenters. The Bertz CT molecular complexity index is 443. The Hall–Kier alpha value is -0.860. The summed E-state index contributed by atoms with van der Waals surface area (Å²) in [5.74, 6) is 0. The van der Waals surface area contributed by atoms with E-state index in [4.69, 9.17) is 0 Å². The van der Waals surface area contributed by atoms with Gasteiger partial charge in [-0.05, 0) is 59.4 Å². The summed E-state index contributed by atoms with van der Waals surface area (Å²) >= 11 is 0. The van der Waals surface area contributed by atoms with Gasteiger partial charge in [-0.2, -0.15) is 0 Å². The molecule has 118 valence electrons. The van der Waals surface area contributed by atoms with Gasteiger partial charge in [0.25, 0.3) is 0 Å². The highest BCUT2D eigenvalue weighted by Gasteiger charge is 2.38. The molecule has 1 aliphatic rings. The van der Waals surface area contributed by atoms with Gasteiger partial charge >= 0.3 is 0 Å². The van der Waals surface area contributed by atoms with E-state index in [1.165, 1.54) is 24.0 Å². The zero-order chi connectivity index (χ0) is 15.7. The van der Waals surface area contributed by atoms with E-state index >= 15 is 0 Å². The van der Waals surface area contributed by atoms with E-state index in [2.05, 4.69) is 76.4 Å². The predicted octanol–water partition coefficient (Wildman–Crippen LogP) is 4.34. The number of hydrogen-bond acceptors (Lipinski definition) is 2. The van der Waals surface area contributed by atoms with E-state index in [9.17, 15) is 0 Å². The molecule has 1 aromatic carbocycles. The van der Waals surface area contributed by atoms with Gasteiger partial charge in [-0.25, -0.2) is 0 Å². The Balaban J connectivity index is 2.09. The second kappa shape index (κ2) is 6.10. The van der Waals surface area contributed by atoms with Gasteiger partial charge in [0.15, 0.2) is 0 Å². The summed E-state index contributed by atoms with van der Waals surface area (Å²) in [6.45, 7) is 13.7. The maximum Gasteiger partial charge on any atom is 0.0320 e. The summed E-state index contributed by atoms with van der Waals surface area (Å²) in [5, 5.41) is 7.67. The average Bonchev–Trinajstić information content (AvgIpc) is 2.33. The number of aryl methyl sites for hydroxylation is 1. The lowest BCUT2D eigenvalue weighted by molar-refractivity contribution is 0.139. The first-order valence-corrected chi connectivity index (χ1v) is 8.33. The molecule has 0 spiro atoms. The molecule has 1 unspecified atom stereocenters. The van der Waals surface area contributed by atoms with Crippen LogP contribution in [0.25, 0.3) is 0 Å². The maximum atomic E-state index is 3.91. The highest BCUT2D eigenvalue weighted by molar-refractivity contribution is 5.24. The third-order valence-electron chi connectivity index (χ3n) is 4.52. The fourth-order valence-electron chi connectivity index (χ4n) is 3.97. The fraction of sp³-hybridized carbons (Fsp3) is 0.684. The quantitative estimate of drug-likeness (QED) is 0.861. The lowest BCUT2D eigenvalue weighted by atomic mass is 9.79. The Morgan fingerprint density at radius 3 is 2.10 bits per heavy atom. The number of hydrogen-bond donors (Lipinski definition) is 2. The molecule has 1 fully saturated rings. The van der Waals surface area contributed by atoms with Gasteiger partial charge in [0.05, 0.1) is 0 Å². The van der Waals surface area contributed by atoms with Crippen LogP contribution in [0.15, 0.2) is 24.3 Å². The summed E-state index contributed by atoms with van der Waals surface area (Å²) in [6.07, 6.45) is 3.49. The number of nitrogens with one attached hydrogen (secondary N) is 2. The minimum Gasteiger partial charge on any atom is -0.307 e. The van der Waals surface area contributed by atoms with E-state index in [1.807, 2.05) is 0 Å². The number of rotatable bonds is 4. The first-order chi connectivity index (χ1) is 9.71. The molecular weight excluding hydrogens is 256 g/mol. The SMILES string of the molecule is CCC(NC1CC(C)(C)NC(C)(C)C1)c1ccc(C)cc1. The van der Waals surface area contributed by atoms with Crippen molar-refractivity contribution in [3.05, 3.63) is 35.4 Å². The van der Waals surface area contributed by atoms with Crippen LogP contribution in [0.2, 0.25) is 0 Å². The number of piperidine rings is 1. The summed E-state index contributed by atoms with van der Waals surface area (Å²) in [6, 6.07) is 10.0. The van der Waals surface area contributed by atoms with Crippen LogP contribution >= 0.6 is 0 Å². The second-order valence-electron chi connectivity index (χ2n) is 8.04. The average molecular weight is 288 g/mol. The molecule has 1 aromatic rings. The molecule has 2 nitrogen and oxygen atoms in total. The summed E-state index contributed by atoms with van der Waals surface area (Å²) in [7, 11) is 0. The molecule has 2 heteroatoms. The van der Waals surface area contributed by atoms with Crippen molar-refractivity contribution in [2.75, 3.05) is 0 Å². The van der Waals surface area contributed by atoms with E-state index < -0.39 is 0 Å². The molecule has 0 saturated carbocycles. The van der Waals surface area contributed by atoms with Crippen LogP contribution in [-0.2, 0) is 0 Å². The van der Waals surface area contributed by atoms with Crippen molar-refractivity contribution in [3.8, 4) is 0 Å². The molecule has 1 aliphatic heterocycles. The van der Waals surface area contributed by atoms with Gasteiger partial charge in [0, 0.05) is 23.2 Å². The van der Waals surface area contributed by atoms with Crippen LogP contribution in [0.1, 0.15) is 71.0 Å². The molecule has 0 bridgehead atoms. The third-order valence-corrected chi connectivity index (χ3v) is 4.52. The smallest absolute Gasteiger partial charge is 0.0320 e. The van der Waals surface area contributed by atoms with Gasteiger partial charge < -0.3 is 10.6 Å². The van der Waals surface area contributed by atoms with Gasteiger partial charge in [-0.1, -0.05) is 36.8 Å². The lowest BCUT2D eigenvalue weighted by Gasteiger charge is -2.47. The Labute approximate surface area is 130 Å². The van der Waals surface area contributed by atoms with Crippen molar-refractivity contribution in [2.45, 2.75) is 84.0 Å². The van der Waals surface area contributed by atoms with E-state index in [1.54, 1.807) is 0 Å². The molecule has 2 rings (SSSR count). The van der Waals surface area contributed by atoms with Crippen LogP contribution in [0.4, 0.5) is 0 Å². The van der Waals surface area contributed by atoms with Crippen LogP contribution in [-0.4, -0.2) is 17.1 Å². The van der Waals surface area contributed by atoms with Crippen LogP contribution in [0.5, 0.6) is 0 Å². The summed E-state index contributed by atoms with van der Waals surface area (Å²) < 4.78 is 0. The highest BCUT2D eigenvalue weighted by Crippen LogP contribution is 2.30. The molecule has 21 heavy (non-hydrogen) atoms. The molecule has 0 aromatic heterocycles. The van der Waals surface area contributed by atoms with Crippen molar-refractivity contribution in [2.24, 2.45) is 0 Å². The molecular formula is C19H32N2. The second-order valence-corrected chi connectivity index (χ2v) is 8.04. The highest BCUT2D eigenvalue weighted by atomic mass is 15.1. The van der Waals surface area contributed by atoms with E-state index in [-0.39, 0.29) is 11.1 Å². The molecule has 2 N–H and O–H groups in total. The van der Waals surface area contributed by atoms with E-state index in [0.717, 1.165) is 6.42 Å². The van der Waals surface area contributed by atoms with Crippen molar-refractivity contribution >= 4 is 0 Å². The fourth-order valence-corrected chi connectivity index (χ4v) is 3.97. The molecule has 0 radical (unpaired) electrons. The van der Waals surface area contributed by atoms with Gasteiger partial charge in [-0.15, -0.1) is 0 Å². The van der Waals surface area contributed by atoms with Crippen LogP contribution in [0, 0.1) is 6.92 Å². The maximum absolute atomic E-state index is 3.91. The first kappa shape index (κ1) is 16.5. The molecule has 0 aliphatic carbocycles. The van der Waals surface area contributed by atoms with Gasteiger partial charge in [0.2, 0.25) is 0 Å². The minimum absolute atomic E-state index is 0.199. The predicted molar refractivity (Wildman–Crippen MR) is 91.7 cm³/mol. The van der Waals surface area contributed by atoms with Gasteiger partial charge in [0.1, 0.15) is 0 Å². The topological polar surface area (TPSA) is 24.1 Å². The Morgan fingerprint density at radius 1 is 1.10 bits per heavy atom.